The Morgan fingerprint density at radius 2 is 1.75 bits per heavy atom. The molecule has 12 heavy (non-hydrogen) atoms. The Balaban J connectivity index is 2.43. The van der Waals surface area contributed by atoms with Gasteiger partial charge in [-0.2, -0.15) is 0 Å². The fourth-order valence-corrected chi connectivity index (χ4v) is 1.62. The van der Waals surface area contributed by atoms with Crippen molar-refractivity contribution in [2.24, 2.45) is 5.41 Å². The fourth-order valence-electron chi connectivity index (χ4n) is 1.62. The molecule has 1 aliphatic heterocycles. The van der Waals surface area contributed by atoms with Crippen molar-refractivity contribution in [2.45, 2.75) is 46.3 Å². The second-order valence-electron chi connectivity index (χ2n) is 5.36. The van der Waals surface area contributed by atoms with Gasteiger partial charge in [-0.1, -0.05) is 20.8 Å². The van der Waals surface area contributed by atoms with Crippen LogP contribution in [0.15, 0.2) is 0 Å². The van der Waals surface area contributed by atoms with Gasteiger partial charge in [0.05, 0.1) is 0 Å². The Kier molecular flexibility index (Phi) is 2.24. The van der Waals surface area contributed by atoms with E-state index < -0.39 is 5.67 Å². The van der Waals surface area contributed by atoms with Crippen LogP contribution in [0, 0.1) is 5.41 Å². The molecule has 0 spiro atoms. The van der Waals surface area contributed by atoms with E-state index in [1.807, 2.05) is 0 Å². The molecule has 72 valence electrons. The van der Waals surface area contributed by atoms with Crippen LogP contribution in [0.5, 0.6) is 0 Å². The zero-order chi connectivity index (χ0) is 9.57. The topological polar surface area (TPSA) is 3.24 Å². The molecule has 0 saturated carbocycles. The maximum absolute atomic E-state index is 13.2. The van der Waals surface area contributed by atoms with E-state index in [-0.39, 0.29) is 5.41 Å². The van der Waals surface area contributed by atoms with Crippen LogP contribution in [0.3, 0.4) is 0 Å². The number of rotatable bonds is 1. The first-order chi connectivity index (χ1) is 5.22. The second kappa shape index (κ2) is 2.69. The average Bonchev–Trinajstić information content (AvgIpc) is 1.78. The number of likely N-dealkylation sites (tertiary alicyclic amines) is 1. The molecule has 1 unspecified atom stereocenters. The van der Waals surface area contributed by atoms with Crippen molar-refractivity contribution in [3.8, 4) is 0 Å². The second-order valence-corrected chi connectivity index (χ2v) is 5.36. The fraction of sp³-hybridized carbons (Fsp3) is 1.00. The van der Waals surface area contributed by atoms with Gasteiger partial charge in [0.25, 0.3) is 0 Å². The zero-order valence-corrected chi connectivity index (χ0v) is 8.82. The van der Waals surface area contributed by atoms with Crippen LogP contribution in [-0.2, 0) is 0 Å². The number of alkyl halides is 1. The lowest BCUT2D eigenvalue weighted by molar-refractivity contribution is -0.0652. The Labute approximate surface area is 74.9 Å². The Morgan fingerprint density at radius 3 is 2.00 bits per heavy atom. The third-order valence-corrected chi connectivity index (χ3v) is 2.87. The van der Waals surface area contributed by atoms with Gasteiger partial charge in [-0.05, 0) is 19.3 Å². The van der Waals surface area contributed by atoms with Gasteiger partial charge in [-0.3, -0.25) is 4.90 Å². The third kappa shape index (κ3) is 1.98. The molecule has 2 heteroatoms. The van der Waals surface area contributed by atoms with E-state index in [1.165, 1.54) is 0 Å². The molecular weight excluding hydrogens is 153 g/mol. The summed E-state index contributed by atoms with van der Waals surface area (Å²) in [5.41, 5.74) is -0.671. The van der Waals surface area contributed by atoms with E-state index in [2.05, 4.69) is 32.6 Å². The van der Waals surface area contributed by atoms with E-state index in [0.717, 1.165) is 0 Å². The standard InChI is InChI=1S/C10H20FN/c1-8(9(2,3)4)12-6-10(5,11)7-12/h8H,6-7H2,1-5H3. The molecule has 1 heterocycles. The molecule has 1 fully saturated rings. The van der Waals surface area contributed by atoms with Gasteiger partial charge in [0.15, 0.2) is 0 Å². The Bertz CT molecular complexity index is 161. The number of halogens is 1. The minimum absolute atomic E-state index is 0.260. The molecule has 0 bridgehead atoms. The largest absolute Gasteiger partial charge is 0.294 e. The van der Waals surface area contributed by atoms with Crippen LogP contribution in [0.4, 0.5) is 4.39 Å². The Morgan fingerprint density at radius 1 is 1.33 bits per heavy atom. The molecule has 0 aromatic rings. The highest BCUT2D eigenvalue weighted by atomic mass is 19.1. The van der Waals surface area contributed by atoms with Crippen LogP contribution in [0.25, 0.3) is 0 Å². The summed E-state index contributed by atoms with van der Waals surface area (Å²) in [6.07, 6.45) is 0. The van der Waals surface area contributed by atoms with Crippen LogP contribution < -0.4 is 0 Å². The monoisotopic (exact) mass is 173 g/mol. The van der Waals surface area contributed by atoms with Crippen molar-refractivity contribution in [1.82, 2.24) is 4.90 Å². The molecular formula is C10H20FN. The molecule has 0 aromatic heterocycles. The van der Waals surface area contributed by atoms with Crippen molar-refractivity contribution in [3.05, 3.63) is 0 Å². The van der Waals surface area contributed by atoms with Crippen molar-refractivity contribution in [1.29, 1.82) is 0 Å². The number of hydrogen-bond acceptors (Lipinski definition) is 1. The summed E-state index contributed by atoms with van der Waals surface area (Å²) in [7, 11) is 0. The first-order valence-corrected chi connectivity index (χ1v) is 4.65. The lowest BCUT2D eigenvalue weighted by Gasteiger charge is -2.49. The first-order valence-electron chi connectivity index (χ1n) is 4.65. The summed E-state index contributed by atoms with van der Waals surface area (Å²) in [5, 5.41) is 0. The van der Waals surface area contributed by atoms with Gasteiger partial charge in [0.1, 0.15) is 5.67 Å². The third-order valence-electron chi connectivity index (χ3n) is 2.87. The highest BCUT2D eigenvalue weighted by molar-refractivity contribution is 4.96. The SMILES string of the molecule is CC(N1CC(C)(F)C1)C(C)(C)C. The summed E-state index contributed by atoms with van der Waals surface area (Å²) in [6.45, 7) is 11.7. The van der Waals surface area contributed by atoms with Crippen molar-refractivity contribution >= 4 is 0 Å². The van der Waals surface area contributed by atoms with Gasteiger partial charge in [0.2, 0.25) is 0 Å². The Hall–Kier alpha value is -0.110. The zero-order valence-electron chi connectivity index (χ0n) is 8.82. The normalized spacial score (nSPS) is 26.5. The highest BCUT2D eigenvalue weighted by Crippen LogP contribution is 2.33. The van der Waals surface area contributed by atoms with Gasteiger partial charge in [-0.15, -0.1) is 0 Å². The van der Waals surface area contributed by atoms with Gasteiger partial charge < -0.3 is 0 Å². The van der Waals surface area contributed by atoms with Crippen molar-refractivity contribution < 1.29 is 4.39 Å². The average molecular weight is 173 g/mol. The molecule has 0 amide bonds. The maximum atomic E-state index is 13.2. The molecule has 1 atom stereocenters. The van der Waals surface area contributed by atoms with Crippen LogP contribution in [-0.4, -0.2) is 29.7 Å². The molecule has 1 saturated heterocycles. The minimum atomic E-state index is -0.931. The molecule has 1 nitrogen and oxygen atoms in total. The predicted octanol–water partition coefficient (Wildman–Crippen LogP) is 2.46. The summed E-state index contributed by atoms with van der Waals surface area (Å²) in [6, 6.07) is 0.473. The summed E-state index contributed by atoms with van der Waals surface area (Å²) >= 11 is 0. The first kappa shape index (κ1) is 9.97. The van der Waals surface area contributed by atoms with Gasteiger partial charge >= 0.3 is 0 Å². The summed E-state index contributed by atoms with van der Waals surface area (Å²) in [5.74, 6) is 0. The summed E-state index contributed by atoms with van der Waals surface area (Å²) < 4.78 is 13.2. The van der Waals surface area contributed by atoms with Crippen molar-refractivity contribution in [3.63, 3.8) is 0 Å². The van der Waals surface area contributed by atoms with Crippen LogP contribution in [0.1, 0.15) is 34.6 Å². The quantitative estimate of drug-likeness (QED) is 0.589. The smallest absolute Gasteiger partial charge is 0.133 e. The van der Waals surface area contributed by atoms with Crippen LogP contribution >= 0.6 is 0 Å². The molecule has 1 aliphatic rings. The molecule has 1 rings (SSSR count). The van der Waals surface area contributed by atoms with E-state index in [4.69, 9.17) is 0 Å². The van der Waals surface area contributed by atoms with Gasteiger partial charge in [0, 0.05) is 19.1 Å². The van der Waals surface area contributed by atoms with E-state index in [9.17, 15) is 4.39 Å². The van der Waals surface area contributed by atoms with Crippen LogP contribution in [0.2, 0.25) is 0 Å². The highest BCUT2D eigenvalue weighted by Gasteiger charge is 2.43. The van der Waals surface area contributed by atoms with E-state index in [0.29, 0.717) is 19.1 Å². The predicted molar refractivity (Wildman–Crippen MR) is 50.0 cm³/mol. The van der Waals surface area contributed by atoms with E-state index >= 15 is 0 Å². The molecule has 0 radical (unpaired) electrons. The van der Waals surface area contributed by atoms with E-state index in [1.54, 1.807) is 6.92 Å². The minimum Gasteiger partial charge on any atom is -0.294 e. The lowest BCUT2D eigenvalue weighted by Crippen LogP contribution is -2.62. The number of hydrogen-bond donors (Lipinski definition) is 0. The van der Waals surface area contributed by atoms with Crippen molar-refractivity contribution in [2.75, 3.05) is 13.1 Å². The molecule has 0 aliphatic carbocycles. The molecule has 0 aromatic carbocycles. The summed E-state index contributed by atoms with van der Waals surface area (Å²) in [4.78, 5) is 2.21. The lowest BCUT2D eigenvalue weighted by atomic mass is 9.83. The maximum Gasteiger partial charge on any atom is 0.133 e. The molecule has 0 N–H and O–H groups in total. The number of nitrogens with zero attached hydrogens (tertiary/aromatic N) is 1. The van der Waals surface area contributed by atoms with Gasteiger partial charge in [-0.25, -0.2) is 4.39 Å².